The fraction of sp³-hybridized carbons (Fsp3) is 0.559. The first-order valence-corrected chi connectivity index (χ1v) is 19.0. The van der Waals surface area contributed by atoms with Crippen LogP contribution in [0.1, 0.15) is 62.1 Å². The SMILES string of the molecule is C[C@@H]1[C@@H]([Si](C)(C)F)[C@H](CC(=O)N2Cc3ccccc3C[C@H]2CO)O[C@@]12C(=O)N(C)c1ccc(N3CCCCCCC3=O)cc12. The molecular weight excluding hydrogens is 577 g/mol. The van der Waals surface area contributed by atoms with Crippen LogP contribution in [0.15, 0.2) is 42.5 Å². The van der Waals surface area contributed by atoms with Gasteiger partial charge in [0, 0.05) is 49.3 Å². The number of aliphatic hydroxyl groups is 1. The van der Waals surface area contributed by atoms with Crippen molar-refractivity contribution in [1.29, 1.82) is 0 Å². The molecule has 8 nitrogen and oxygen atoms in total. The molecule has 0 aliphatic carbocycles. The van der Waals surface area contributed by atoms with Gasteiger partial charge in [0.25, 0.3) is 5.91 Å². The van der Waals surface area contributed by atoms with Gasteiger partial charge in [-0.2, -0.15) is 0 Å². The van der Waals surface area contributed by atoms with E-state index < -0.39 is 31.6 Å². The molecule has 5 atom stereocenters. The second-order valence-electron chi connectivity index (χ2n) is 13.6. The molecule has 0 radical (unpaired) electrons. The second-order valence-corrected chi connectivity index (χ2v) is 17.4. The summed E-state index contributed by atoms with van der Waals surface area (Å²) in [5, 5.41) is 10.2. The van der Waals surface area contributed by atoms with Gasteiger partial charge in [0.05, 0.1) is 30.9 Å². The van der Waals surface area contributed by atoms with Crippen LogP contribution in [0.4, 0.5) is 15.5 Å². The molecular formula is C34H44FN3O5Si. The maximum absolute atomic E-state index is 16.3. The third-order valence-corrected chi connectivity index (χ3v) is 12.9. The van der Waals surface area contributed by atoms with Crippen LogP contribution >= 0.6 is 0 Å². The number of aliphatic hydroxyl groups excluding tert-OH is 1. The predicted molar refractivity (Wildman–Crippen MR) is 170 cm³/mol. The first-order chi connectivity index (χ1) is 21.0. The Morgan fingerprint density at radius 3 is 2.55 bits per heavy atom. The normalized spacial score (nSPS) is 29.1. The van der Waals surface area contributed by atoms with Crippen LogP contribution in [0.2, 0.25) is 18.6 Å². The number of benzene rings is 2. The van der Waals surface area contributed by atoms with Crippen molar-refractivity contribution in [3.63, 3.8) is 0 Å². The van der Waals surface area contributed by atoms with E-state index in [1.54, 1.807) is 29.9 Å². The molecule has 44 heavy (non-hydrogen) atoms. The minimum Gasteiger partial charge on any atom is -0.394 e. The topological polar surface area (TPSA) is 90.4 Å². The second kappa shape index (κ2) is 11.7. The number of amides is 3. The van der Waals surface area contributed by atoms with E-state index in [0.29, 0.717) is 37.2 Å². The quantitative estimate of drug-likeness (QED) is 0.372. The van der Waals surface area contributed by atoms with E-state index in [2.05, 4.69) is 0 Å². The van der Waals surface area contributed by atoms with Crippen molar-refractivity contribution in [1.82, 2.24) is 4.90 Å². The molecule has 2 aromatic carbocycles. The average Bonchev–Trinajstić information content (AvgIpc) is 3.40. The van der Waals surface area contributed by atoms with E-state index in [0.717, 1.165) is 42.5 Å². The van der Waals surface area contributed by atoms with Gasteiger partial charge in [-0.25, -0.2) is 0 Å². The molecule has 4 heterocycles. The number of carbonyl (C=O) groups is 3. The largest absolute Gasteiger partial charge is 0.394 e. The van der Waals surface area contributed by atoms with Gasteiger partial charge in [0.1, 0.15) is 0 Å². The fourth-order valence-corrected chi connectivity index (χ4v) is 10.8. The van der Waals surface area contributed by atoms with Crippen molar-refractivity contribution in [2.24, 2.45) is 5.92 Å². The van der Waals surface area contributed by atoms with E-state index in [1.165, 1.54) is 0 Å². The summed E-state index contributed by atoms with van der Waals surface area (Å²) in [6.07, 6.45) is 4.02. The molecule has 2 aromatic rings. The standard InChI is InChI=1S/C34H44FN3O5Si/c1-22-32(44(3,4)35)29(19-31(41)38-20-24-12-9-8-11-23(24)17-26(38)21-39)43-34(22)27-18-25(14-15-28(27)36(2)33(34)42)37-16-10-6-5-7-13-30(37)40/h8-9,11-12,14-15,18,22,26,29,32,39H,5-7,10,13,16-17,19-21H2,1-4H3/t22-,26+,29+,32-,34+/m1/s1. The Morgan fingerprint density at radius 2 is 1.82 bits per heavy atom. The van der Waals surface area contributed by atoms with Crippen molar-refractivity contribution in [3.8, 4) is 0 Å². The third kappa shape index (κ3) is 5.08. The Labute approximate surface area is 260 Å². The molecule has 2 fully saturated rings. The highest BCUT2D eigenvalue weighted by molar-refractivity contribution is 6.72. The molecule has 236 valence electrons. The van der Waals surface area contributed by atoms with E-state index in [9.17, 15) is 19.5 Å². The first-order valence-electron chi connectivity index (χ1n) is 16.0. The van der Waals surface area contributed by atoms with Gasteiger partial charge < -0.3 is 28.7 Å². The molecule has 0 aromatic heterocycles. The molecule has 2 saturated heterocycles. The van der Waals surface area contributed by atoms with Crippen LogP contribution in [-0.4, -0.2) is 68.5 Å². The average molecular weight is 622 g/mol. The zero-order valence-electron chi connectivity index (χ0n) is 26.2. The summed E-state index contributed by atoms with van der Waals surface area (Å²) >= 11 is 0. The van der Waals surface area contributed by atoms with Crippen LogP contribution in [0.3, 0.4) is 0 Å². The van der Waals surface area contributed by atoms with E-state index in [-0.39, 0.29) is 36.8 Å². The van der Waals surface area contributed by atoms with Crippen molar-refractivity contribution in [2.75, 3.05) is 30.0 Å². The summed E-state index contributed by atoms with van der Waals surface area (Å²) in [6, 6.07) is 13.2. The molecule has 3 amide bonds. The number of anilines is 2. The number of hydrogen-bond donors (Lipinski definition) is 1. The minimum absolute atomic E-state index is 0.0666. The Kier molecular flexibility index (Phi) is 8.21. The molecule has 1 spiro atoms. The van der Waals surface area contributed by atoms with Crippen molar-refractivity contribution in [3.05, 3.63) is 59.2 Å². The summed E-state index contributed by atoms with van der Waals surface area (Å²) in [5.74, 6) is -0.946. The maximum Gasteiger partial charge on any atom is 0.264 e. The van der Waals surface area contributed by atoms with Crippen molar-refractivity contribution >= 4 is 37.5 Å². The van der Waals surface area contributed by atoms with Gasteiger partial charge in [0.2, 0.25) is 20.2 Å². The van der Waals surface area contributed by atoms with Gasteiger partial charge in [-0.1, -0.05) is 44.0 Å². The Balaban J connectivity index is 1.35. The monoisotopic (exact) mass is 621 g/mol. The first kappa shape index (κ1) is 30.9. The highest BCUT2D eigenvalue weighted by atomic mass is 28.4. The molecule has 0 saturated carbocycles. The molecule has 10 heteroatoms. The number of fused-ring (bicyclic) bond motifs is 3. The van der Waals surface area contributed by atoms with E-state index in [1.807, 2.05) is 54.3 Å². The van der Waals surface area contributed by atoms with Crippen LogP contribution in [0.25, 0.3) is 0 Å². The number of hydrogen-bond acceptors (Lipinski definition) is 5. The molecule has 4 aliphatic rings. The van der Waals surface area contributed by atoms with Crippen molar-refractivity contribution in [2.45, 2.75) is 94.8 Å². The third-order valence-electron chi connectivity index (χ3n) is 10.5. The van der Waals surface area contributed by atoms with Crippen LogP contribution in [0, 0.1) is 5.92 Å². The number of halogens is 1. The number of rotatable bonds is 5. The van der Waals surface area contributed by atoms with Crippen LogP contribution < -0.4 is 9.80 Å². The number of ether oxygens (including phenoxy) is 1. The number of carbonyl (C=O) groups excluding carboxylic acids is 3. The Morgan fingerprint density at radius 1 is 1.09 bits per heavy atom. The molecule has 0 bridgehead atoms. The molecule has 6 rings (SSSR count). The van der Waals surface area contributed by atoms with E-state index in [4.69, 9.17) is 4.74 Å². The summed E-state index contributed by atoms with van der Waals surface area (Å²) in [6.45, 7) is 5.94. The zero-order valence-corrected chi connectivity index (χ0v) is 27.2. The highest BCUT2D eigenvalue weighted by Crippen LogP contribution is 2.60. The van der Waals surface area contributed by atoms with Gasteiger partial charge in [-0.15, -0.1) is 0 Å². The van der Waals surface area contributed by atoms with Crippen molar-refractivity contribution < 1.29 is 28.3 Å². The lowest BCUT2D eigenvalue weighted by atomic mass is 9.82. The van der Waals surface area contributed by atoms with Gasteiger partial charge in [0.15, 0.2) is 5.60 Å². The summed E-state index contributed by atoms with van der Waals surface area (Å²) in [4.78, 5) is 46.3. The van der Waals surface area contributed by atoms with Gasteiger partial charge in [-0.05, 0) is 61.7 Å². The number of nitrogens with zero attached hydrogens (tertiary/aromatic N) is 3. The summed E-state index contributed by atoms with van der Waals surface area (Å²) in [7, 11) is -1.76. The molecule has 4 aliphatic heterocycles. The van der Waals surface area contributed by atoms with Gasteiger partial charge >= 0.3 is 0 Å². The summed E-state index contributed by atoms with van der Waals surface area (Å²) in [5.41, 5.74) is 2.12. The zero-order chi connectivity index (χ0) is 31.4. The Hall–Kier alpha value is -3.08. The lowest BCUT2D eigenvalue weighted by molar-refractivity contribution is -0.150. The maximum atomic E-state index is 16.3. The summed E-state index contributed by atoms with van der Waals surface area (Å²) < 4.78 is 23.1. The lowest BCUT2D eigenvalue weighted by Crippen LogP contribution is -2.48. The number of likely N-dealkylation sites (N-methyl/N-ethyl adjacent to an activating group) is 1. The predicted octanol–water partition coefficient (Wildman–Crippen LogP) is 5.07. The van der Waals surface area contributed by atoms with E-state index >= 15 is 4.11 Å². The highest BCUT2D eigenvalue weighted by Gasteiger charge is 2.66. The molecule has 0 unspecified atom stereocenters. The van der Waals surface area contributed by atoms with Crippen LogP contribution in [-0.2, 0) is 37.7 Å². The fourth-order valence-electron chi connectivity index (χ4n) is 8.27. The van der Waals surface area contributed by atoms with Gasteiger partial charge in [-0.3, -0.25) is 14.4 Å². The van der Waals surface area contributed by atoms with Crippen LogP contribution in [0.5, 0.6) is 0 Å². The Bertz CT molecular complexity index is 1460. The minimum atomic E-state index is -3.47. The lowest BCUT2D eigenvalue weighted by Gasteiger charge is -2.37. The smallest absolute Gasteiger partial charge is 0.264 e. The molecule has 1 N–H and O–H groups in total.